The van der Waals surface area contributed by atoms with Crippen LogP contribution in [0.1, 0.15) is 35.6 Å². The van der Waals surface area contributed by atoms with E-state index in [1.165, 1.54) is 0 Å². The minimum Gasteiger partial charge on any atom is -0.493 e. The van der Waals surface area contributed by atoms with Gasteiger partial charge in [-0.25, -0.2) is 0 Å². The van der Waals surface area contributed by atoms with Crippen molar-refractivity contribution in [2.45, 2.75) is 37.8 Å². The van der Waals surface area contributed by atoms with Crippen molar-refractivity contribution >= 4 is 5.91 Å². The molecule has 0 bridgehead atoms. The molecular weight excluding hydrogens is 350 g/mol. The topological polar surface area (TPSA) is 124 Å². The standard InChI is InChI=1S/C19H21N3O5/c23-14-6-12(7-14)18(11-1-2-15-10(5-11)3-4-27-15)20-16(24)8-13-9-17(25)21-22-19(13)26/h1-2,5,9,12,14,18,23H,3-4,6-8H2,(H,20,24)(H,21,25)(H,22,26)/t12?,14?,18-/m0/s1. The molecule has 1 aromatic carbocycles. The number of hydrogen-bond acceptors (Lipinski definition) is 5. The minimum absolute atomic E-state index is 0.117. The first-order chi connectivity index (χ1) is 13.0. The Bertz CT molecular complexity index is 974. The number of rotatable bonds is 5. The van der Waals surface area contributed by atoms with E-state index in [1.54, 1.807) is 0 Å². The van der Waals surface area contributed by atoms with Gasteiger partial charge in [0.25, 0.3) is 11.1 Å². The fraction of sp³-hybridized carbons (Fsp3) is 0.421. The molecular formula is C19H21N3O5. The fourth-order valence-electron chi connectivity index (χ4n) is 3.76. The third kappa shape index (κ3) is 3.66. The summed E-state index contributed by atoms with van der Waals surface area (Å²) >= 11 is 0. The van der Waals surface area contributed by atoms with Crippen molar-refractivity contribution in [3.05, 3.63) is 61.7 Å². The Hall–Kier alpha value is -2.87. The second-order valence-corrected chi connectivity index (χ2v) is 7.19. The van der Waals surface area contributed by atoms with E-state index in [2.05, 4.69) is 15.5 Å². The molecule has 2 aromatic rings. The molecule has 2 heterocycles. The molecule has 1 saturated carbocycles. The van der Waals surface area contributed by atoms with Crippen LogP contribution in [-0.4, -0.2) is 33.9 Å². The molecule has 2 aliphatic rings. The number of amides is 1. The molecule has 1 aliphatic heterocycles. The molecule has 4 rings (SSSR count). The van der Waals surface area contributed by atoms with E-state index in [0.29, 0.717) is 19.4 Å². The van der Waals surface area contributed by atoms with E-state index in [4.69, 9.17) is 4.74 Å². The van der Waals surface area contributed by atoms with Gasteiger partial charge >= 0.3 is 0 Å². The van der Waals surface area contributed by atoms with Crippen molar-refractivity contribution in [1.29, 1.82) is 0 Å². The third-order valence-corrected chi connectivity index (χ3v) is 5.26. The Morgan fingerprint density at radius 3 is 2.85 bits per heavy atom. The first-order valence-corrected chi connectivity index (χ1v) is 9.03. The van der Waals surface area contributed by atoms with Gasteiger partial charge in [0.15, 0.2) is 0 Å². The maximum absolute atomic E-state index is 12.6. The normalized spacial score (nSPS) is 21.7. The second-order valence-electron chi connectivity index (χ2n) is 7.19. The van der Waals surface area contributed by atoms with Crippen LogP contribution in [0.2, 0.25) is 0 Å². The summed E-state index contributed by atoms with van der Waals surface area (Å²) in [5.41, 5.74) is 1.23. The van der Waals surface area contributed by atoms with Gasteiger partial charge in [0.1, 0.15) is 5.75 Å². The van der Waals surface area contributed by atoms with E-state index in [1.807, 2.05) is 18.2 Å². The zero-order valence-corrected chi connectivity index (χ0v) is 14.7. The number of hydrogen-bond donors (Lipinski definition) is 4. The van der Waals surface area contributed by atoms with E-state index < -0.39 is 11.1 Å². The van der Waals surface area contributed by atoms with Crippen LogP contribution in [0.4, 0.5) is 0 Å². The first kappa shape index (κ1) is 17.5. The fourth-order valence-corrected chi connectivity index (χ4v) is 3.76. The van der Waals surface area contributed by atoms with Crippen LogP contribution < -0.4 is 21.2 Å². The highest BCUT2D eigenvalue weighted by molar-refractivity contribution is 5.79. The van der Waals surface area contributed by atoms with Crippen LogP contribution >= 0.6 is 0 Å². The van der Waals surface area contributed by atoms with E-state index >= 15 is 0 Å². The summed E-state index contributed by atoms with van der Waals surface area (Å²) in [6, 6.07) is 6.76. The molecule has 8 heteroatoms. The predicted molar refractivity (Wildman–Crippen MR) is 96.6 cm³/mol. The summed E-state index contributed by atoms with van der Waals surface area (Å²) in [5, 5.41) is 17.1. The Kier molecular flexibility index (Phi) is 4.57. The number of nitrogens with one attached hydrogen (secondary N) is 3. The van der Waals surface area contributed by atoms with Gasteiger partial charge in [-0.1, -0.05) is 6.07 Å². The Labute approximate surface area is 154 Å². The SMILES string of the molecule is O=C(Cc1cc(=O)[nH][nH]c1=O)N[C@@H](c1ccc2c(c1)CCO2)C1CC(O)C1. The zero-order chi connectivity index (χ0) is 19.0. The molecule has 0 spiro atoms. The lowest BCUT2D eigenvalue weighted by molar-refractivity contribution is -0.122. The smallest absolute Gasteiger partial charge is 0.266 e. The number of ether oxygens (including phenoxy) is 1. The largest absolute Gasteiger partial charge is 0.493 e. The molecule has 1 amide bonds. The molecule has 0 unspecified atom stereocenters. The maximum atomic E-state index is 12.6. The van der Waals surface area contributed by atoms with E-state index in [9.17, 15) is 19.5 Å². The summed E-state index contributed by atoms with van der Waals surface area (Å²) in [7, 11) is 0. The maximum Gasteiger partial charge on any atom is 0.266 e. The van der Waals surface area contributed by atoms with Gasteiger partial charge in [0.05, 0.1) is 25.2 Å². The number of benzene rings is 1. The van der Waals surface area contributed by atoms with Gasteiger partial charge in [0.2, 0.25) is 5.91 Å². The molecule has 1 fully saturated rings. The summed E-state index contributed by atoms with van der Waals surface area (Å²) in [5.74, 6) is 0.656. The highest BCUT2D eigenvalue weighted by Gasteiger charge is 2.36. The van der Waals surface area contributed by atoms with Gasteiger partial charge in [-0.2, -0.15) is 0 Å². The summed E-state index contributed by atoms with van der Waals surface area (Å²) in [4.78, 5) is 35.7. The van der Waals surface area contributed by atoms with Gasteiger partial charge < -0.3 is 15.2 Å². The van der Waals surface area contributed by atoms with Crippen molar-refractivity contribution in [1.82, 2.24) is 15.5 Å². The summed E-state index contributed by atoms with van der Waals surface area (Å²) in [6.45, 7) is 0.656. The minimum atomic E-state index is -0.491. The number of aromatic nitrogens is 2. The number of carbonyl (C=O) groups excluding carboxylic acids is 1. The van der Waals surface area contributed by atoms with E-state index in [-0.39, 0.29) is 36.0 Å². The number of aromatic amines is 2. The van der Waals surface area contributed by atoms with Crippen molar-refractivity contribution < 1.29 is 14.6 Å². The predicted octanol–water partition coefficient (Wildman–Crippen LogP) is 0.169. The monoisotopic (exact) mass is 371 g/mol. The van der Waals surface area contributed by atoms with Gasteiger partial charge in [0, 0.05) is 18.1 Å². The van der Waals surface area contributed by atoms with Crippen LogP contribution in [0, 0.1) is 5.92 Å². The summed E-state index contributed by atoms with van der Waals surface area (Å²) in [6.07, 6.45) is 1.54. The highest BCUT2D eigenvalue weighted by atomic mass is 16.5. The Morgan fingerprint density at radius 1 is 1.26 bits per heavy atom. The van der Waals surface area contributed by atoms with Crippen LogP contribution in [0.25, 0.3) is 0 Å². The molecule has 142 valence electrons. The van der Waals surface area contributed by atoms with Crippen molar-refractivity contribution in [3.63, 3.8) is 0 Å². The van der Waals surface area contributed by atoms with Crippen LogP contribution in [0.5, 0.6) is 5.75 Å². The van der Waals surface area contributed by atoms with Gasteiger partial charge in [-0.15, -0.1) is 0 Å². The highest BCUT2D eigenvalue weighted by Crippen LogP contribution is 2.39. The molecule has 1 aromatic heterocycles. The molecule has 8 nitrogen and oxygen atoms in total. The number of aliphatic hydroxyl groups is 1. The lowest BCUT2D eigenvalue weighted by atomic mass is 9.74. The van der Waals surface area contributed by atoms with Crippen LogP contribution in [-0.2, 0) is 17.6 Å². The molecule has 1 atom stereocenters. The average Bonchev–Trinajstić information content (AvgIpc) is 3.08. The second kappa shape index (κ2) is 7.03. The molecule has 1 aliphatic carbocycles. The zero-order valence-electron chi connectivity index (χ0n) is 14.7. The number of H-pyrrole nitrogens is 2. The quantitative estimate of drug-likeness (QED) is 0.596. The number of fused-ring (bicyclic) bond motifs is 1. The Balaban J connectivity index is 1.54. The van der Waals surface area contributed by atoms with Gasteiger partial charge in [-0.05, 0) is 42.0 Å². The van der Waals surface area contributed by atoms with Gasteiger partial charge in [-0.3, -0.25) is 24.6 Å². The Morgan fingerprint density at radius 2 is 2.07 bits per heavy atom. The van der Waals surface area contributed by atoms with Crippen LogP contribution in [0.3, 0.4) is 0 Å². The number of aliphatic hydroxyl groups excluding tert-OH is 1. The lowest BCUT2D eigenvalue weighted by Crippen LogP contribution is -2.42. The first-order valence-electron chi connectivity index (χ1n) is 9.03. The molecule has 27 heavy (non-hydrogen) atoms. The summed E-state index contributed by atoms with van der Waals surface area (Å²) < 4.78 is 5.54. The average molecular weight is 371 g/mol. The third-order valence-electron chi connectivity index (χ3n) is 5.26. The van der Waals surface area contributed by atoms with Crippen LogP contribution in [0.15, 0.2) is 33.9 Å². The van der Waals surface area contributed by atoms with E-state index in [0.717, 1.165) is 29.4 Å². The molecule has 4 N–H and O–H groups in total. The molecule has 0 radical (unpaired) electrons. The molecule has 0 saturated heterocycles. The lowest BCUT2D eigenvalue weighted by Gasteiger charge is -2.38. The van der Waals surface area contributed by atoms with Crippen molar-refractivity contribution in [2.24, 2.45) is 5.92 Å². The van der Waals surface area contributed by atoms with Crippen molar-refractivity contribution in [3.8, 4) is 5.75 Å². The number of carbonyl (C=O) groups is 1. The van der Waals surface area contributed by atoms with Crippen molar-refractivity contribution in [2.75, 3.05) is 6.61 Å².